The lowest BCUT2D eigenvalue weighted by Gasteiger charge is -2.18. The summed E-state index contributed by atoms with van der Waals surface area (Å²) in [5.41, 5.74) is 5.29. The van der Waals surface area contributed by atoms with Gasteiger partial charge >= 0.3 is 0 Å². The molecule has 4 aromatic carbocycles. The first-order chi connectivity index (χ1) is 14.6. The molecule has 150 valence electrons. The molecule has 0 N–H and O–H groups in total. The third kappa shape index (κ3) is 5.56. The largest absolute Gasteiger partial charge is 0.0985 e. The average Bonchev–Trinajstić information content (AvgIpc) is 2.80. The van der Waals surface area contributed by atoms with Crippen molar-refractivity contribution in [2.24, 2.45) is 0 Å². The second-order valence-electron chi connectivity index (χ2n) is 7.33. The fourth-order valence-corrected chi connectivity index (χ4v) is 5.67. The third-order valence-electron chi connectivity index (χ3n) is 5.23. The maximum Gasteiger partial charge on any atom is -0.0134 e. The van der Waals surface area contributed by atoms with Gasteiger partial charge in [0.1, 0.15) is 0 Å². The van der Waals surface area contributed by atoms with E-state index in [4.69, 9.17) is 0 Å². The molecule has 0 radical (unpaired) electrons. The van der Waals surface area contributed by atoms with Gasteiger partial charge in [-0.3, -0.25) is 0 Å². The first-order valence-corrected chi connectivity index (χ1v) is 11.6. The van der Waals surface area contributed by atoms with Crippen LogP contribution in [0.2, 0.25) is 0 Å². The molecule has 0 spiro atoms. The second-order valence-corrected chi connectivity index (χ2v) is 9.55. The summed E-state index contributed by atoms with van der Waals surface area (Å²) < 4.78 is 0. The normalized spacial score (nSPS) is 10.3. The molecule has 0 bridgehead atoms. The number of rotatable bonds is 4. The van der Waals surface area contributed by atoms with Gasteiger partial charge < -0.3 is 0 Å². The Hall–Kier alpha value is -2.95. The minimum absolute atomic E-state index is 0.446. The van der Waals surface area contributed by atoms with Crippen LogP contribution in [-0.4, -0.2) is 0 Å². The van der Waals surface area contributed by atoms with Gasteiger partial charge in [-0.2, -0.15) is 0 Å². The molecule has 0 fully saturated rings. The molecular weight excluding hydrogens is 379 g/mol. The molecule has 0 aromatic heterocycles. The van der Waals surface area contributed by atoms with Crippen LogP contribution in [0.25, 0.3) is 6.08 Å². The molecule has 4 rings (SSSR count). The molecule has 0 saturated carbocycles. The van der Waals surface area contributed by atoms with Crippen LogP contribution in [-0.2, 0) is 0 Å². The van der Waals surface area contributed by atoms with E-state index >= 15 is 0 Å². The topological polar surface area (TPSA) is 0 Å². The molecule has 4 aromatic rings. The maximum atomic E-state index is 3.74. The summed E-state index contributed by atoms with van der Waals surface area (Å²) >= 11 is 0. The lowest BCUT2D eigenvalue weighted by atomic mass is 10.0. The molecule has 0 aliphatic heterocycles. The first kappa shape index (κ1) is 21.8. The summed E-state index contributed by atoms with van der Waals surface area (Å²) in [7, 11) is -0.446. The van der Waals surface area contributed by atoms with Crippen molar-refractivity contribution < 1.29 is 0 Å². The van der Waals surface area contributed by atoms with E-state index in [0.29, 0.717) is 0 Å². The molecule has 30 heavy (non-hydrogen) atoms. The van der Waals surface area contributed by atoms with E-state index in [1.54, 1.807) is 0 Å². The van der Waals surface area contributed by atoms with Crippen molar-refractivity contribution in [1.82, 2.24) is 0 Å². The summed E-state index contributed by atoms with van der Waals surface area (Å²) in [6.07, 6.45) is 1.89. The molecule has 0 saturated heterocycles. The van der Waals surface area contributed by atoms with Crippen molar-refractivity contribution in [1.29, 1.82) is 0 Å². The van der Waals surface area contributed by atoms with Gasteiger partial charge in [-0.15, -0.1) is 0 Å². The van der Waals surface area contributed by atoms with Gasteiger partial charge in [-0.1, -0.05) is 116 Å². The van der Waals surface area contributed by atoms with Gasteiger partial charge in [0, 0.05) is 0 Å². The average molecular weight is 409 g/mol. The van der Waals surface area contributed by atoms with Gasteiger partial charge in [0.25, 0.3) is 0 Å². The summed E-state index contributed by atoms with van der Waals surface area (Å²) in [4.78, 5) is 0. The number of benzene rings is 4. The van der Waals surface area contributed by atoms with E-state index in [1.807, 2.05) is 6.08 Å². The van der Waals surface area contributed by atoms with Crippen LogP contribution < -0.4 is 15.9 Å². The smallest absolute Gasteiger partial charge is 0.0134 e. The van der Waals surface area contributed by atoms with Crippen LogP contribution in [0.3, 0.4) is 0 Å². The van der Waals surface area contributed by atoms with E-state index < -0.39 is 7.92 Å². The molecule has 0 atom stereocenters. The SMILES string of the molecule is C=Cc1cc(C)c(C)c(C)c1.c1ccc(P(c2ccccc2)c2ccccc2)cc1. The summed E-state index contributed by atoms with van der Waals surface area (Å²) in [5.74, 6) is 0. The Bertz CT molecular complexity index is 950. The van der Waals surface area contributed by atoms with Crippen molar-refractivity contribution in [2.75, 3.05) is 0 Å². The summed E-state index contributed by atoms with van der Waals surface area (Å²) in [5, 5.41) is 4.19. The molecule has 0 unspecified atom stereocenters. The van der Waals surface area contributed by atoms with Gasteiger partial charge in [-0.05, 0) is 66.9 Å². The van der Waals surface area contributed by atoms with Crippen LogP contribution in [0.15, 0.2) is 110 Å². The van der Waals surface area contributed by atoms with Crippen molar-refractivity contribution in [2.45, 2.75) is 20.8 Å². The van der Waals surface area contributed by atoms with Crippen molar-refractivity contribution in [3.63, 3.8) is 0 Å². The van der Waals surface area contributed by atoms with Crippen LogP contribution in [0.5, 0.6) is 0 Å². The van der Waals surface area contributed by atoms with Gasteiger partial charge in [0.05, 0.1) is 0 Å². The second kappa shape index (κ2) is 10.7. The molecule has 0 amide bonds. The van der Waals surface area contributed by atoms with Crippen LogP contribution in [0.4, 0.5) is 0 Å². The lowest BCUT2D eigenvalue weighted by molar-refractivity contribution is 1.26. The van der Waals surface area contributed by atoms with Crippen molar-refractivity contribution in [3.8, 4) is 0 Å². The van der Waals surface area contributed by atoms with E-state index in [1.165, 1.54) is 38.2 Å². The fourth-order valence-electron chi connectivity index (χ4n) is 3.37. The molecule has 0 aliphatic carbocycles. The lowest BCUT2D eigenvalue weighted by Crippen LogP contribution is -2.20. The monoisotopic (exact) mass is 408 g/mol. The first-order valence-electron chi connectivity index (χ1n) is 10.3. The number of hydrogen-bond donors (Lipinski definition) is 0. The minimum atomic E-state index is -0.446. The summed E-state index contributed by atoms with van der Waals surface area (Å²) in [6, 6.07) is 36.6. The standard InChI is InChI=1S/C18H15P.C11H14/c1-4-10-16(11-5-1)19(17-12-6-2-7-13-17)18-14-8-3-9-15-18;1-5-11-6-8(2)10(4)9(3)7-11/h1-15H;5-7H,1H2,2-4H3. The van der Waals surface area contributed by atoms with E-state index in [9.17, 15) is 0 Å². The van der Waals surface area contributed by atoms with Gasteiger partial charge in [-0.25, -0.2) is 0 Å². The van der Waals surface area contributed by atoms with Crippen LogP contribution in [0.1, 0.15) is 22.3 Å². The van der Waals surface area contributed by atoms with E-state index in [0.717, 1.165) is 0 Å². The zero-order valence-electron chi connectivity index (χ0n) is 18.0. The maximum absolute atomic E-state index is 3.74. The Morgan fingerprint density at radius 2 is 0.900 bits per heavy atom. The summed E-state index contributed by atoms with van der Waals surface area (Å²) in [6.45, 7) is 10.2. The zero-order chi connectivity index (χ0) is 21.3. The highest BCUT2D eigenvalue weighted by Crippen LogP contribution is 2.32. The van der Waals surface area contributed by atoms with Crippen LogP contribution >= 0.6 is 7.92 Å². The number of hydrogen-bond acceptors (Lipinski definition) is 0. The van der Waals surface area contributed by atoms with Gasteiger partial charge in [0.2, 0.25) is 0 Å². The van der Waals surface area contributed by atoms with Crippen molar-refractivity contribution >= 4 is 29.9 Å². The quantitative estimate of drug-likeness (QED) is 0.330. The van der Waals surface area contributed by atoms with Crippen LogP contribution in [0, 0.1) is 20.8 Å². The predicted molar refractivity (Wildman–Crippen MR) is 136 cm³/mol. The fraction of sp³-hybridized carbons (Fsp3) is 0.103. The molecule has 0 nitrogen and oxygen atoms in total. The minimum Gasteiger partial charge on any atom is -0.0985 e. The molecule has 0 aliphatic rings. The Labute approximate surface area is 182 Å². The Kier molecular flexibility index (Phi) is 7.77. The zero-order valence-corrected chi connectivity index (χ0v) is 18.9. The third-order valence-corrected chi connectivity index (χ3v) is 7.67. The highest BCUT2D eigenvalue weighted by atomic mass is 31.1. The Balaban J connectivity index is 0.000000199. The molecular formula is C29H29P. The Morgan fingerprint density at radius 3 is 1.20 bits per heavy atom. The van der Waals surface area contributed by atoms with Gasteiger partial charge in [0.15, 0.2) is 0 Å². The molecule has 1 heteroatoms. The van der Waals surface area contributed by atoms with E-state index in [2.05, 4.69) is 130 Å². The highest BCUT2D eigenvalue weighted by molar-refractivity contribution is 7.79. The highest BCUT2D eigenvalue weighted by Gasteiger charge is 2.14. The predicted octanol–water partition coefficient (Wildman–Crippen LogP) is 6.70. The van der Waals surface area contributed by atoms with E-state index in [-0.39, 0.29) is 0 Å². The Morgan fingerprint density at radius 1 is 0.567 bits per heavy atom. The number of aryl methyl sites for hydroxylation is 2. The molecule has 0 heterocycles. The van der Waals surface area contributed by atoms with Crippen molar-refractivity contribution in [3.05, 3.63) is 132 Å².